The van der Waals surface area contributed by atoms with E-state index in [0.717, 1.165) is 16.4 Å². The number of halogens is 2. The van der Waals surface area contributed by atoms with Gasteiger partial charge in [0.15, 0.2) is 0 Å². The summed E-state index contributed by atoms with van der Waals surface area (Å²) in [4.78, 5) is 0. The second-order valence-electron chi connectivity index (χ2n) is 3.94. The van der Waals surface area contributed by atoms with Crippen LogP contribution in [0.4, 0.5) is 0 Å². The maximum Gasteiger partial charge on any atom is 0.397 e. The minimum absolute atomic E-state index is 0.0128. The Kier molecular flexibility index (Phi) is 5.25. The fraction of sp³-hybridized carbons (Fsp3) is 0.455. The van der Waals surface area contributed by atoms with Crippen molar-refractivity contribution in [1.82, 2.24) is 0 Å². The van der Waals surface area contributed by atoms with Crippen LogP contribution in [0.5, 0.6) is 5.75 Å². The molecule has 0 amide bonds. The van der Waals surface area contributed by atoms with E-state index in [0.29, 0.717) is 13.2 Å². The largest absolute Gasteiger partial charge is 0.427 e. The molecule has 1 aliphatic heterocycles. The summed E-state index contributed by atoms with van der Waals surface area (Å²) in [5, 5.41) is 1.69. The average Bonchev–Trinajstić information content (AvgIpc) is 2.41. The normalized spacial score (nSPS) is 20.1. The summed E-state index contributed by atoms with van der Waals surface area (Å²) in [7, 11) is -1.26. The van der Waals surface area contributed by atoms with Gasteiger partial charge in [0, 0.05) is 16.1 Å². The molecule has 1 fully saturated rings. The molecule has 0 saturated carbocycles. The Morgan fingerprint density at radius 2 is 1.71 bits per heavy atom. The zero-order valence-corrected chi connectivity index (χ0v) is 13.2. The molecule has 0 N–H and O–H groups in total. The first-order chi connectivity index (χ1) is 8.28. The van der Waals surface area contributed by atoms with Gasteiger partial charge in [-0.1, -0.05) is 50.1 Å². The standard InChI is InChI=1S/C11H13Br2O3P/c12-6-11(7-13)8-14-17(15-9-11)16-10-4-2-1-3-5-10/h1-5H,6-9H2. The third kappa shape index (κ3) is 3.65. The predicted octanol–water partition coefficient (Wildman–Crippen LogP) is 4.12. The lowest BCUT2D eigenvalue weighted by atomic mass is 9.96. The van der Waals surface area contributed by atoms with Crippen molar-refractivity contribution in [3.05, 3.63) is 30.3 Å². The van der Waals surface area contributed by atoms with Gasteiger partial charge in [-0.25, -0.2) is 0 Å². The van der Waals surface area contributed by atoms with E-state index in [-0.39, 0.29) is 5.41 Å². The van der Waals surface area contributed by atoms with Gasteiger partial charge in [-0.3, -0.25) is 0 Å². The Hall–Kier alpha value is 0.330. The van der Waals surface area contributed by atoms with E-state index in [4.69, 9.17) is 13.6 Å². The molecule has 1 aromatic carbocycles. The van der Waals surface area contributed by atoms with Crippen LogP contribution in [0.2, 0.25) is 0 Å². The van der Waals surface area contributed by atoms with Crippen LogP contribution in [0, 0.1) is 5.41 Å². The maximum atomic E-state index is 5.64. The van der Waals surface area contributed by atoms with Gasteiger partial charge < -0.3 is 13.6 Å². The van der Waals surface area contributed by atoms with Crippen LogP contribution in [0.3, 0.4) is 0 Å². The van der Waals surface area contributed by atoms with E-state index < -0.39 is 8.60 Å². The Labute approximate surface area is 119 Å². The summed E-state index contributed by atoms with van der Waals surface area (Å²) in [5.74, 6) is 0.781. The van der Waals surface area contributed by atoms with Crippen LogP contribution in [0.25, 0.3) is 0 Å². The van der Waals surface area contributed by atoms with Gasteiger partial charge in [-0.15, -0.1) is 0 Å². The highest BCUT2D eigenvalue weighted by molar-refractivity contribution is 9.09. The number of alkyl halides is 2. The lowest BCUT2D eigenvalue weighted by molar-refractivity contribution is 0.0502. The SMILES string of the molecule is BrCC1(CBr)COP(Oc2ccccc2)OC1. The zero-order chi connectivity index (χ0) is 12.1. The van der Waals surface area contributed by atoms with Gasteiger partial charge in [0.2, 0.25) is 0 Å². The molecule has 0 unspecified atom stereocenters. The van der Waals surface area contributed by atoms with E-state index in [1.807, 2.05) is 30.3 Å². The Bertz CT molecular complexity index is 336. The first-order valence-electron chi connectivity index (χ1n) is 5.19. The zero-order valence-electron chi connectivity index (χ0n) is 9.14. The molecule has 6 heteroatoms. The third-order valence-electron chi connectivity index (χ3n) is 2.44. The number of hydrogen-bond acceptors (Lipinski definition) is 3. The van der Waals surface area contributed by atoms with Crippen molar-refractivity contribution in [3.63, 3.8) is 0 Å². The molecule has 0 atom stereocenters. The van der Waals surface area contributed by atoms with Gasteiger partial charge in [0.05, 0.1) is 13.2 Å². The third-order valence-corrected chi connectivity index (χ3v) is 5.86. The fourth-order valence-corrected chi connectivity index (χ4v) is 4.08. The van der Waals surface area contributed by atoms with Gasteiger partial charge in [-0.2, -0.15) is 0 Å². The Balaban J connectivity index is 1.87. The van der Waals surface area contributed by atoms with Crippen LogP contribution >= 0.6 is 40.5 Å². The highest BCUT2D eigenvalue weighted by Gasteiger charge is 2.37. The minimum atomic E-state index is -1.26. The Morgan fingerprint density at radius 1 is 1.12 bits per heavy atom. The molecular weight excluding hydrogens is 371 g/mol. The van der Waals surface area contributed by atoms with E-state index in [2.05, 4.69) is 31.9 Å². The molecule has 1 saturated heterocycles. The summed E-state index contributed by atoms with van der Waals surface area (Å²) in [6.07, 6.45) is 0. The highest BCUT2D eigenvalue weighted by Crippen LogP contribution is 2.47. The smallest absolute Gasteiger partial charge is 0.397 e. The molecule has 1 aliphatic rings. The Morgan fingerprint density at radius 3 is 2.24 bits per heavy atom. The molecule has 0 bridgehead atoms. The van der Waals surface area contributed by atoms with Gasteiger partial charge in [0.1, 0.15) is 5.75 Å². The number of rotatable bonds is 4. The summed E-state index contributed by atoms with van der Waals surface area (Å²) >= 11 is 6.98. The maximum absolute atomic E-state index is 5.64. The monoisotopic (exact) mass is 382 g/mol. The second kappa shape index (κ2) is 6.48. The minimum Gasteiger partial charge on any atom is -0.427 e. The summed E-state index contributed by atoms with van der Waals surface area (Å²) in [6.45, 7) is 1.28. The number of hydrogen-bond donors (Lipinski definition) is 0. The van der Waals surface area contributed by atoms with E-state index in [1.165, 1.54) is 0 Å². The molecule has 0 aromatic heterocycles. The van der Waals surface area contributed by atoms with E-state index in [9.17, 15) is 0 Å². The first kappa shape index (κ1) is 13.8. The van der Waals surface area contributed by atoms with Crippen molar-refractivity contribution in [2.45, 2.75) is 0 Å². The van der Waals surface area contributed by atoms with Crippen molar-refractivity contribution in [1.29, 1.82) is 0 Å². The second-order valence-corrected chi connectivity index (χ2v) is 6.21. The molecule has 2 rings (SSSR count). The lowest BCUT2D eigenvalue weighted by Gasteiger charge is -2.35. The predicted molar refractivity (Wildman–Crippen MR) is 75.9 cm³/mol. The van der Waals surface area contributed by atoms with Gasteiger partial charge >= 0.3 is 8.60 Å². The number of benzene rings is 1. The summed E-state index contributed by atoms with van der Waals surface area (Å²) in [5.41, 5.74) is 0.0128. The van der Waals surface area contributed by atoms with Crippen LogP contribution in [-0.4, -0.2) is 23.9 Å². The fourth-order valence-electron chi connectivity index (χ4n) is 1.27. The van der Waals surface area contributed by atoms with Crippen LogP contribution in [0.15, 0.2) is 30.3 Å². The first-order valence-corrected chi connectivity index (χ1v) is 8.53. The molecule has 3 nitrogen and oxygen atoms in total. The van der Waals surface area contributed by atoms with Crippen LogP contribution < -0.4 is 4.52 Å². The molecule has 0 radical (unpaired) electrons. The van der Waals surface area contributed by atoms with Gasteiger partial charge in [-0.05, 0) is 12.1 Å². The molecule has 1 heterocycles. The van der Waals surface area contributed by atoms with Crippen molar-refractivity contribution in [2.75, 3.05) is 23.9 Å². The molecular formula is C11H13Br2O3P. The van der Waals surface area contributed by atoms with Crippen molar-refractivity contribution in [3.8, 4) is 5.75 Å². The van der Waals surface area contributed by atoms with E-state index >= 15 is 0 Å². The molecule has 0 aliphatic carbocycles. The molecule has 17 heavy (non-hydrogen) atoms. The highest BCUT2D eigenvalue weighted by atomic mass is 79.9. The van der Waals surface area contributed by atoms with Crippen LogP contribution in [-0.2, 0) is 9.05 Å². The topological polar surface area (TPSA) is 27.7 Å². The van der Waals surface area contributed by atoms with Crippen molar-refractivity contribution < 1.29 is 13.6 Å². The lowest BCUT2D eigenvalue weighted by Crippen LogP contribution is -2.38. The molecule has 94 valence electrons. The van der Waals surface area contributed by atoms with Crippen molar-refractivity contribution >= 4 is 40.5 Å². The summed E-state index contributed by atoms with van der Waals surface area (Å²) < 4.78 is 16.9. The quantitative estimate of drug-likeness (QED) is 0.578. The molecule has 1 aromatic rings. The van der Waals surface area contributed by atoms with E-state index in [1.54, 1.807) is 0 Å². The molecule has 0 spiro atoms. The number of para-hydroxylation sites is 1. The average molecular weight is 384 g/mol. The van der Waals surface area contributed by atoms with Crippen LogP contribution in [0.1, 0.15) is 0 Å². The van der Waals surface area contributed by atoms with Gasteiger partial charge in [0.25, 0.3) is 0 Å². The summed E-state index contributed by atoms with van der Waals surface area (Å²) in [6, 6.07) is 9.59. The van der Waals surface area contributed by atoms with Crippen molar-refractivity contribution in [2.24, 2.45) is 5.41 Å².